The molecular formula is C5H9N3O3. The van der Waals surface area contributed by atoms with E-state index in [1.165, 1.54) is 14.0 Å². The molecule has 0 aliphatic rings. The highest BCUT2D eigenvalue weighted by Crippen LogP contribution is 1.73. The number of nitrogens with zero attached hydrogens (tertiary/aromatic N) is 1. The van der Waals surface area contributed by atoms with Gasteiger partial charge in [0.15, 0.2) is 0 Å². The summed E-state index contributed by atoms with van der Waals surface area (Å²) in [6.45, 7) is 1.28. The van der Waals surface area contributed by atoms with Crippen molar-refractivity contribution in [1.82, 2.24) is 10.7 Å². The van der Waals surface area contributed by atoms with Crippen molar-refractivity contribution in [1.29, 1.82) is 0 Å². The molecule has 2 amide bonds. The molecule has 0 heterocycles. The lowest BCUT2D eigenvalue weighted by molar-refractivity contribution is -0.129. The minimum Gasteiger partial charge on any atom is -0.477 e. The maximum absolute atomic E-state index is 10.4. The molecule has 0 atom stereocenters. The fourth-order valence-corrected chi connectivity index (χ4v) is 0.238. The summed E-state index contributed by atoms with van der Waals surface area (Å²) in [5.74, 6) is -1.17. The number of hydrazone groups is 1. The van der Waals surface area contributed by atoms with Crippen LogP contribution >= 0.6 is 0 Å². The van der Waals surface area contributed by atoms with E-state index in [4.69, 9.17) is 5.11 Å². The summed E-state index contributed by atoms with van der Waals surface area (Å²) in [5, 5.41) is 13.7. The molecule has 0 unspecified atom stereocenters. The van der Waals surface area contributed by atoms with Crippen LogP contribution in [0.2, 0.25) is 0 Å². The Morgan fingerprint density at radius 3 is 2.36 bits per heavy atom. The summed E-state index contributed by atoms with van der Waals surface area (Å²) < 4.78 is 0. The standard InChI is InChI=1S/C5H9N3O3/c1-3(4(9)10)7-8-5(11)6-2/h1-2H3,(H,9,10)(H2,6,8,11)/b7-3+. The van der Waals surface area contributed by atoms with Crippen LogP contribution in [0.5, 0.6) is 0 Å². The molecule has 11 heavy (non-hydrogen) atoms. The normalized spacial score (nSPS) is 10.5. The van der Waals surface area contributed by atoms with Crippen molar-refractivity contribution in [3.63, 3.8) is 0 Å². The van der Waals surface area contributed by atoms with Crippen molar-refractivity contribution in [2.24, 2.45) is 5.10 Å². The van der Waals surface area contributed by atoms with E-state index >= 15 is 0 Å². The molecule has 6 nitrogen and oxygen atoms in total. The van der Waals surface area contributed by atoms with Gasteiger partial charge in [0, 0.05) is 7.05 Å². The van der Waals surface area contributed by atoms with Gasteiger partial charge in [0.05, 0.1) is 0 Å². The predicted octanol–water partition coefficient (Wildman–Crippen LogP) is -0.624. The van der Waals surface area contributed by atoms with Crippen LogP contribution in [0.4, 0.5) is 4.79 Å². The Morgan fingerprint density at radius 1 is 1.45 bits per heavy atom. The first-order valence-corrected chi connectivity index (χ1v) is 2.83. The molecule has 3 N–H and O–H groups in total. The van der Waals surface area contributed by atoms with Crippen molar-refractivity contribution < 1.29 is 14.7 Å². The van der Waals surface area contributed by atoms with Crippen molar-refractivity contribution in [3.05, 3.63) is 0 Å². The van der Waals surface area contributed by atoms with Crippen molar-refractivity contribution in [2.45, 2.75) is 6.92 Å². The maximum atomic E-state index is 10.4. The summed E-state index contributed by atoms with van der Waals surface area (Å²) in [6.07, 6.45) is 0. The van der Waals surface area contributed by atoms with E-state index in [1.54, 1.807) is 0 Å². The second-order valence-corrected chi connectivity index (χ2v) is 1.69. The molecule has 0 spiro atoms. The smallest absolute Gasteiger partial charge is 0.351 e. The van der Waals surface area contributed by atoms with E-state index in [-0.39, 0.29) is 5.71 Å². The van der Waals surface area contributed by atoms with Crippen LogP contribution in [-0.4, -0.2) is 29.9 Å². The average molecular weight is 159 g/mol. The number of carbonyl (C=O) groups excluding carboxylic acids is 1. The van der Waals surface area contributed by atoms with Crippen LogP contribution in [0.15, 0.2) is 5.10 Å². The molecule has 6 heteroatoms. The summed E-state index contributed by atoms with van der Waals surface area (Å²) in [6, 6.07) is -0.550. The highest BCUT2D eigenvalue weighted by molar-refractivity contribution is 6.34. The summed E-state index contributed by atoms with van der Waals surface area (Å²) >= 11 is 0. The van der Waals surface area contributed by atoms with Gasteiger partial charge in [-0.2, -0.15) is 5.10 Å². The zero-order valence-electron chi connectivity index (χ0n) is 6.21. The van der Waals surface area contributed by atoms with Gasteiger partial charge in [-0.1, -0.05) is 0 Å². The van der Waals surface area contributed by atoms with Gasteiger partial charge in [-0.15, -0.1) is 0 Å². The fourth-order valence-electron chi connectivity index (χ4n) is 0.238. The molecule has 0 aliphatic carbocycles. The maximum Gasteiger partial charge on any atom is 0.351 e. The molecule has 0 rings (SSSR count). The van der Waals surface area contributed by atoms with Gasteiger partial charge in [0.2, 0.25) is 0 Å². The Morgan fingerprint density at radius 2 is 2.00 bits per heavy atom. The van der Waals surface area contributed by atoms with Crippen LogP contribution in [0.25, 0.3) is 0 Å². The number of hydrogen-bond donors (Lipinski definition) is 3. The first-order chi connectivity index (χ1) is 5.07. The molecule has 0 radical (unpaired) electrons. The number of rotatable bonds is 2. The molecule has 0 bridgehead atoms. The average Bonchev–Trinajstić information content (AvgIpc) is 1.99. The van der Waals surface area contributed by atoms with Crippen LogP contribution in [0.1, 0.15) is 6.92 Å². The van der Waals surface area contributed by atoms with E-state index in [1.807, 2.05) is 5.43 Å². The Balaban J connectivity index is 3.92. The second-order valence-electron chi connectivity index (χ2n) is 1.69. The van der Waals surface area contributed by atoms with Crippen molar-refractivity contribution in [3.8, 4) is 0 Å². The topological polar surface area (TPSA) is 90.8 Å². The first-order valence-electron chi connectivity index (χ1n) is 2.83. The van der Waals surface area contributed by atoms with Crippen LogP contribution in [0.3, 0.4) is 0 Å². The first kappa shape index (κ1) is 9.41. The van der Waals surface area contributed by atoms with Crippen molar-refractivity contribution in [2.75, 3.05) is 7.05 Å². The number of nitrogens with one attached hydrogen (secondary N) is 2. The molecule has 62 valence electrons. The lowest BCUT2D eigenvalue weighted by Crippen LogP contribution is -2.30. The van der Waals surface area contributed by atoms with Gasteiger partial charge in [-0.05, 0) is 6.92 Å². The lowest BCUT2D eigenvalue weighted by atomic mass is 10.4. The summed E-state index contributed by atoms with van der Waals surface area (Å²) in [7, 11) is 1.40. The largest absolute Gasteiger partial charge is 0.477 e. The molecule has 0 aromatic heterocycles. The molecular weight excluding hydrogens is 150 g/mol. The number of hydrogen-bond acceptors (Lipinski definition) is 3. The number of urea groups is 1. The lowest BCUT2D eigenvalue weighted by Gasteiger charge is -1.96. The van der Waals surface area contributed by atoms with E-state index in [0.717, 1.165) is 0 Å². The number of carbonyl (C=O) groups is 2. The predicted molar refractivity (Wildman–Crippen MR) is 38.3 cm³/mol. The van der Waals surface area contributed by atoms with Gasteiger partial charge < -0.3 is 10.4 Å². The van der Waals surface area contributed by atoms with Gasteiger partial charge in [-0.25, -0.2) is 15.0 Å². The zero-order chi connectivity index (χ0) is 8.85. The minimum atomic E-state index is -1.17. The highest BCUT2D eigenvalue weighted by atomic mass is 16.4. The van der Waals surface area contributed by atoms with E-state index < -0.39 is 12.0 Å². The van der Waals surface area contributed by atoms with Gasteiger partial charge >= 0.3 is 12.0 Å². The Bertz CT molecular complexity index is 199. The van der Waals surface area contributed by atoms with E-state index in [9.17, 15) is 9.59 Å². The number of carboxylic acids is 1. The third-order valence-electron chi connectivity index (χ3n) is 0.862. The molecule has 0 saturated carbocycles. The van der Waals surface area contributed by atoms with Gasteiger partial charge in [-0.3, -0.25) is 0 Å². The number of carboxylic acid groups (broad SMARTS) is 1. The molecule has 0 aromatic carbocycles. The monoisotopic (exact) mass is 159 g/mol. The van der Waals surface area contributed by atoms with Gasteiger partial charge in [0.25, 0.3) is 0 Å². The third-order valence-corrected chi connectivity index (χ3v) is 0.862. The second kappa shape index (κ2) is 4.26. The Hall–Kier alpha value is -1.59. The third kappa shape index (κ3) is 3.90. The zero-order valence-corrected chi connectivity index (χ0v) is 6.21. The molecule has 0 aromatic rings. The number of amides is 2. The van der Waals surface area contributed by atoms with Gasteiger partial charge in [0.1, 0.15) is 5.71 Å². The van der Waals surface area contributed by atoms with E-state index in [0.29, 0.717) is 0 Å². The Kier molecular flexibility index (Phi) is 3.65. The number of aliphatic carboxylic acids is 1. The quantitative estimate of drug-likeness (QED) is 0.370. The van der Waals surface area contributed by atoms with Crippen LogP contribution in [-0.2, 0) is 4.79 Å². The molecule has 0 fully saturated rings. The highest BCUT2D eigenvalue weighted by Gasteiger charge is 2.01. The molecule has 0 aliphatic heterocycles. The van der Waals surface area contributed by atoms with E-state index in [2.05, 4.69) is 10.4 Å². The summed E-state index contributed by atoms with van der Waals surface area (Å²) in [4.78, 5) is 20.5. The van der Waals surface area contributed by atoms with Crippen LogP contribution in [0, 0.1) is 0 Å². The minimum absolute atomic E-state index is 0.173. The van der Waals surface area contributed by atoms with Crippen LogP contribution < -0.4 is 10.7 Å². The Labute approximate surface area is 63.3 Å². The molecule has 0 saturated heterocycles. The fraction of sp³-hybridized carbons (Fsp3) is 0.400. The van der Waals surface area contributed by atoms with Crippen molar-refractivity contribution >= 4 is 17.7 Å². The SMILES string of the molecule is CNC(=O)N/N=C(\C)C(=O)O. The summed E-state index contributed by atoms with van der Waals surface area (Å²) in [5.41, 5.74) is 1.80.